The molecule has 3 N–H and O–H groups in total. The van der Waals surface area contributed by atoms with Gasteiger partial charge in [-0.05, 0) is 48.7 Å². The lowest BCUT2D eigenvalue weighted by molar-refractivity contribution is -0.116. The molecule has 1 unspecified atom stereocenters. The molecule has 0 saturated heterocycles. The molecule has 176 valence electrons. The van der Waals surface area contributed by atoms with E-state index >= 15 is 0 Å². The summed E-state index contributed by atoms with van der Waals surface area (Å²) in [5, 5.41) is 8.61. The van der Waals surface area contributed by atoms with Crippen molar-refractivity contribution in [2.24, 2.45) is 0 Å². The molecule has 7 nitrogen and oxygen atoms in total. The predicted molar refractivity (Wildman–Crippen MR) is 134 cm³/mol. The summed E-state index contributed by atoms with van der Waals surface area (Å²) in [6, 6.07) is 19.2. The number of hydrogen-bond acceptors (Lipinski definition) is 5. The summed E-state index contributed by atoms with van der Waals surface area (Å²) < 4.78 is 25.7. The van der Waals surface area contributed by atoms with Crippen LogP contribution in [0.1, 0.15) is 32.6 Å². The minimum atomic E-state index is -3.55. The van der Waals surface area contributed by atoms with Crippen LogP contribution in [-0.2, 0) is 26.9 Å². The van der Waals surface area contributed by atoms with Crippen LogP contribution in [0, 0.1) is 13.8 Å². The van der Waals surface area contributed by atoms with E-state index in [4.69, 9.17) is 0 Å². The van der Waals surface area contributed by atoms with E-state index in [2.05, 4.69) is 16.0 Å². The molecule has 2 amide bonds. The van der Waals surface area contributed by atoms with Crippen molar-refractivity contribution in [2.45, 2.75) is 32.2 Å². The van der Waals surface area contributed by atoms with Gasteiger partial charge in [0.1, 0.15) is 6.04 Å². The van der Waals surface area contributed by atoms with Crippen LogP contribution in [0.5, 0.6) is 0 Å². The Morgan fingerprint density at radius 2 is 1.74 bits per heavy atom. The quantitative estimate of drug-likeness (QED) is 0.483. The van der Waals surface area contributed by atoms with E-state index < -0.39 is 21.8 Å². The van der Waals surface area contributed by atoms with E-state index in [0.717, 1.165) is 22.3 Å². The second kappa shape index (κ2) is 9.69. The van der Waals surface area contributed by atoms with Gasteiger partial charge >= 0.3 is 0 Å². The third kappa shape index (κ3) is 5.63. The lowest BCUT2D eigenvalue weighted by atomic mass is 10.1. The summed E-state index contributed by atoms with van der Waals surface area (Å²) in [6.45, 7) is 4.18. The summed E-state index contributed by atoms with van der Waals surface area (Å²) in [5.41, 5.74) is 5.03. The number of carbonyl (C=O) groups is 2. The zero-order valence-corrected chi connectivity index (χ0v) is 19.9. The number of anilines is 2. The molecule has 34 heavy (non-hydrogen) atoms. The van der Waals surface area contributed by atoms with Gasteiger partial charge in [0.05, 0.1) is 22.9 Å². The van der Waals surface area contributed by atoms with Gasteiger partial charge in [0.2, 0.25) is 5.91 Å². The molecule has 1 aliphatic rings. The lowest BCUT2D eigenvalue weighted by Gasteiger charge is -2.27. The Morgan fingerprint density at radius 1 is 0.971 bits per heavy atom. The smallest absolute Gasteiger partial charge is 0.251 e. The van der Waals surface area contributed by atoms with E-state index in [1.165, 1.54) is 0 Å². The summed E-state index contributed by atoms with van der Waals surface area (Å²) >= 11 is 0. The fourth-order valence-electron chi connectivity index (χ4n) is 3.89. The largest absolute Gasteiger partial charge is 0.371 e. The number of hydrogen-bond donors (Lipinski definition) is 3. The maximum absolute atomic E-state index is 12.8. The van der Waals surface area contributed by atoms with Crippen LogP contribution >= 0.6 is 0 Å². The molecule has 1 atom stereocenters. The van der Waals surface area contributed by atoms with Gasteiger partial charge in [-0.15, -0.1) is 0 Å². The monoisotopic (exact) mass is 477 g/mol. The Kier molecular flexibility index (Phi) is 6.70. The van der Waals surface area contributed by atoms with Crippen LogP contribution in [0.4, 0.5) is 11.4 Å². The fourth-order valence-corrected chi connectivity index (χ4v) is 5.54. The van der Waals surface area contributed by atoms with E-state index in [0.29, 0.717) is 23.5 Å². The summed E-state index contributed by atoms with van der Waals surface area (Å²) in [5.74, 6) is -1.16. The fraction of sp³-hybridized carbons (Fsp3) is 0.231. The third-order valence-corrected chi connectivity index (χ3v) is 7.37. The number of aryl methyl sites for hydroxylation is 2. The first-order chi connectivity index (χ1) is 16.2. The lowest BCUT2D eigenvalue weighted by Crippen LogP contribution is -2.43. The molecule has 0 spiro atoms. The van der Waals surface area contributed by atoms with Gasteiger partial charge < -0.3 is 16.0 Å². The second-order valence-corrected chi connectivity index (χ2v) is 10.7. The second-order valence-electron chi connectivity index (χ2n) is 8.60. The number of sulfone groups is 1. The number of nitrogens with one attached hydrogen (secondary N) is 3. The van der Waals surface area contributed by atoms with Crippen LogP contribution in [0.2, 0.25) is 0 Å². The number of amides is 2. The molecule has 0 saturated carbocycles. The molecular formula is C26H27N3O4S. The number of fused-ring (bicyclic) bond motifs is 1. The normalized spacial score (nSPS) is 15.1. The standard InChI is InChI=1S/C26H27N3O4S/c1-17-8-9-18(2)21(12-17)15-34(32,33)16-24-26(31)29-23-13-20(10-11-22(23)28-24)25(30)27-14-19-6-4-3-5-7-19/h3-13,24,28H,14-16H2,1-2H3,(H,27,30)(H,29,31). The zero-order chi connectivity index (χ0) is 24.3. The van der Waals surface area contributed by atoms with Crippen molar-refractivity contribution in [1.29, 1.82) is 0 Å². The zero-order valence-electron chi connectivity index (χ0n) is 19.1. The minimum absolute atomic E-state index is 0.126. The molecule has 4 rings (SSSR count). The summed E-state index contributed by atoms with van der Waals surface area (Å²) in [7, 11) is -3.55. The SMILES string of the molecule is Cc1ccc(C)c(CS(=O)(=O)CC2Nc3ccc(C(=O)NCc4ccccc4)cc3NC2=O)c1. The summed E-state index contributed by atoms with van der Waals surface area (Å²) in [4.78, 5) is 25.2. The predicted octanol–water partition coefficient (Wildman–Crippen LogP) is 3.58. The maximum atomic E-state index is 12.8. The molecule has 1 aliphatic heterocycles. The first-order valence-corrected chi connectivity index (χ1v) is 12.8. The van der Waals surface area contributed by atoms with Crippen molar-refractivity contribution in [3.8, 4) is 0 Å². The first kappa shape index (κ1) is 23.5. The molecule has 3 aromatic rings. The highest BCUT2D eigenvalue weighted by Gasteiger charge is 2.31. The van der Waals surface area contributed by atoms with Crippen molar-refractivity contribution in [3.63, 3.8) is 0 Å². The Labute approximate surface area is 199 Å². The Hall–Kier alpha value is -3.65. The highest BCUT2D eigenvalue weighted by molar-refractivity contribution is 7.90. The Morgan fingerprint density at radius 3 is 2.50 bits per heavy atom. The van der Waals surface area contributed by atoms with Gasteiger partial charge in [-0.25, -0.2) is 8.42 Å². The molecule has 1 heterocycles. The highest BCUT2D eigenvalue weighted by Crippen LogP contribution is 2.28. The molecule has 3 aromatic carbocycles. The number of rotatable bonds is 7. The molecular weight excluding hydrogens is 450 g/mol. The maximum Gasteiger partial charge on any atom is 0.251 e. The average molecular weight is 478 g/mol. The van der Waals surface area contributed by atoms with E-state index in [1.54, 1.807) is 18.2 Å². The molecule has 0 aromatic heterocycles. The van der Waals surface area contributed by atoms with Crippen molar-refractivity contribution >= 4 is 33.0 Å². The number of carbonyl (C=O) groups excluding carboxylic acids is 2. The van der Waals surface area contributed by atoms with Gasteiger partial charge in [-0.2, -0.15) is 0 Å². The van der Waals surface area contributed by atoms with Crippen LogP contribution in [0.3, 0.4) is 0 Å². The van der Waals surface area contributed by atoms with Gasteiger partial charge in [0, 0.05) is 12.1 Å². The van der Waals surface area contributed by atoms with Gasteiger partial charge in [-0.3, -0.25) is 9.59 Å². The minimum Gasteiger partial charge on any atom is -0.371 e. The topological polar surface area (TPSA) is 104 Å². The van der Waals surface area contributed by atoms with Crippen molar-refractivity contribution in [1.82, 2.24) is 5.32 Å². The van der Waals surface area contributed by atoms with E-state index in [1.807, 2.05) is 62.4 Å². The van der Waals surface area contributed by atoms with Gasteiger partial charge in [0.15, 0.2) is 9.84 Å². The molecule has 0 fully saturated rings. The first-order valence-electron chi connectivity index (χ1n) is 11.0. The van der Waals surface area contributed by atoms with Crippen molar-refractivity contribution in [3.05, 3.63) is 94.5 Å². The summed E-state index contributed by atoms with van der Waals surface area (Å²) in [6.07, 6.45) is 0. The van der Waals surface area contributed by atoms with E-state index in [9.17, 15) is 18.0 Å². The van der Waals surface area contributed by atoms with Crippen molar-refractivity contribution in [2.75, 3.05) is 16.4 Å². The molecule has 0 bridgehead atoms. The highest BCUT2D eigenvalue weighted by atomic mass is 32.2. The Balaban J connectivity index is 1.42. The molecule has 0 aliphatic carbocycles. The molecule has 0 radical (unpaired) electrons. The van der Waals surface area contributed by atoms with E-state index in [-0.39, 0.29) is 17.4 Å². The van der Waals surface area contributed by atoms with Crippen molar-refractivity contribution < 1.29 is 18.0 Å². The van der Waals surface area contributed by atoms with Crippen LogP contribution in [0.15, 0.2) is 66.7 Å². The van der Waals surface area contributed by atoms with Crippen LogP contribution < -0.4 is 16.0 Å². The van der Waals surface area contributed by atoms with Crippen LogP contribution in [0.25, 0.3) is 0 Å². The Bertz CT molecular complexity index is 1340. The number of benzene rings is 3. The molecule has 8 heteroatoms. The third-order valence-electron chi connectivity index (χ3n) is 5.78. The average Bonchev–Trinajstić information content (AvgIpc) is 2.80. The van der Waals surface area contributed by atoms with Crippen LogP contribution in [-0.4, -0.2) is 32.0 Å². The van der Waals surface area contributed by atoms with Gasteiger partial charge in [-0.1, -0.05) is 54.1 Å². The van der Waals surface area contributed by atoms with Gasteiger partial charge in [0.25, 0.3) is 5.91 Å².